The first-order valence-corrected chi connectivity index (χ1v) is 4.40. The zero-order valence-electron chi connectivity index (χ0n) is 8.24. The van der Waals surface area contributed by atoms with E-state index in [0.29, 0.717) is 5.56 Å². The minimum Gasteiger partial charge on any atom is -0.381 e. The zero-order valence-corrected chi connectivity index (χ0v) is 8.24. The number of aliphatic hydroxyl groups excluding tert-OH is 1. The molecule has 72 valence electrons. The van der Waals surface area contributed by atoms with Crippen molar-refractivity contribution in [1.29, 1.82) is 0 Å². The Bertz CT molecular complexity index is 394. The van der Waals surface area contributed by atoms with Crippen molar-refractivity contribution in [2.75, 3.05) is 0 Å². The number of carbonyl (C=O) groups is 1. The summed E-state index contributed by atoms with van der Waals surface area (Å²) in [6, 6.07) is 7.05. The smallest absolute Gasteiger partial charge is 0.159 e. The predicted molar refractivity (Wildman–Crippen MR) is 55.0 cm³/mol. The lowest BCUT2D eigenvalue weighted by atomic mass is 10.1. The van der Waals surface area contributed by atoms with Gasteiger partial charge in [0.2, 0.25) is 0 Å². The zero-order chi connectivity index (χ0) is 10.6. The van der Waals surface area contributed by atoms with Gasteiger partial charge >= 0.3 is 0 Å². The van der Waals surface area contributed by atoms with E-state index in [9.17, 15) is 4.79 Å². The van der Waals surface area contributed by atoms with Gasteiger partial charge in [0.05, 0.1) is 0 Å². The molecule has 0 unspecified atom stereocenters. The van der Waals surface area contributed by atoms with Gasteiger partial charge in [-0.1, -0.05) is 24.0 Å². The van der Waals surface area contributed by atoms with Gasteiger partial charge < -0.3 is 5.11 Å². The first kappa shape index (κ1) is 10.5. The first-order chi connectivity index (χ1) is 6.59. The maximum absolute atomic E-state index is 11.0. The second-order valence-corrected chi connectivity index (χ2v) is 3.08. The lowest BCUT2D eigenvalue weighted by Gasteiger charge is -1.95. The topological polar surface area (TPSA) is 37.3 Å². The summed E-state index contributed by atoms with van der Waals surface area (Å²) >= 11 is 0. The van der Waals surface area contributed by atoms with Crippen molar-refractivity contribution in [3.8, 4) is 11.8 Å². The molecule has 1 aromatic carbocycles. The molecule has 1 aromatic rings. The highest BCUT2D eigenvalue weighted by molar-refractivity contribution is 5.94. The summed E-state index contributed by atoms with van der Waals surface area (Å²) in [7, 11) is 0. The van der Waals surface area contributed by atoms with Crippen molar-refractivity contribution in [2.24, 2.45) is 0 Å². The molecule has 2 heteroatoms. The number of hydrogen-bond acceptors (Lipinski definition) is 2. The van der Waals surface area contributed by atoms with Crippen LogP contribution in [0.3, 0.4) is 0 Å². The molecule has 0 aliphatic rings. The van der Waals surface area contributed by atoms with Crippen LogP contribution >= 0.6 is 0 Å². The Balaban J connectivity index is 2.96. The van der Waals surface area contributed by atoms with Crippen LogP contribution in [0.5, 0.6) is 0 Å². The van der Waals surface area contributed by atoms with E-state index in [0.717, 1.165) is 5.56 Å². The van der Waals surface area contributed by atoms with Crippen molar-refractivity contribution >= 4 is 5.78 Å². The van der Waals surface area contributed by atoms with Crippen molar-refractivity contribution in [3.05, 3.63) is 35.4 Å². The van der Waals surface area contributed by atoms with Gasteiger partial charge in [-0.2, -0.15) is 0 Å². The highest BCUT2D eigenvalue weighted by atomic mass is 16.3. The summed E-state index contributed by atoms with van der Waals surface area (Å²) in [5.74, 6) is 5.43. The van der Waals surface area contributed by atoms with E-state index in [2.05, 4.69) is 11.8 Å². The number of aliphatic hydroxyl groups is 1. The molecule has 0 bridgehead atoms. The van der Waals surface area contributed by atoms with Gasteiger partial charge in [-0.05, 0) is 26.0 Å². The molecule has 0 saturated carbocycles. The molecule has 0 saturated heterocycles. The quantitative estimate of drug-likeness (QED) is 0.537. The molecule has 0 heterocycles. The highest BCUT2D eigenvalue weighted by Crippen LogP contribution is 2.04. The van der Waals surface area contributed by atoms with Crippen LogP contribution in [-0.2, 0) is 0 Å². The molecule has 2 nitrogen and oxygen atoms in total. The molecule has 1 rings (SSSR count). The Kier molecular flexibility index (Phi) is 3.44. The number of rotatable bonds is 1. The van der Waals surface area contributed by atoms with Crippen LogP contribution in [0.1, 0.15) is 29.8 Å². The Morgan fingerprint density at radius 3 is 2.79 bits per heavy atom. The summed E-state index contributed by atoms with van der Waals surface area (Å²) in [4.78, 5) is 11.0. The molecule has 0 fully saturated rings. The summed E-state index contributed by atoms with van der Waals surface area (Å²) in [6.45, 7) is 3.11. The SMILES string of the molecule is CC(=O)c1cccc(C#C[C@@H](C)O)c1. The third-order valence-corrected chi connectivity index (χ3v) is 1.69. The Morgan fingerprint density at radius 2 is 2.21 bits per heavy atom. The van der Waals surface area contributed by atoms with Gasteiger partial charge in [0.15, 0.2) is 5.78 Å². The lowest BCUT2D eigenvalue weighted by molar-refractivity contribution is 0.101. The Labute approximate surface area is 83.6 Å². The summed E-state index contributed by atoms with van der Waals surface area (Å²) in [6.07, 6.45) is -0.643. The minimum absolute atomic E-state index is 0.0192. The third-order valence-electron chi connectivity index (χ3n) is 1.69. The van der Waals surface area contributed by atoms with Gasteiger partial charge in [-0.15, -0.1) is 0 Å². The molecule has 0 radical (unpaired) electrons. The van der Waals surface area contributed by atoms with Crippen molar-refractivity contribution in [1.82, 2.24) is 0 Å². The summed E-state index contributed by atoms with van der Waals surface area (Å²) < 4.78 is 0. The van der Waals surface area contributed by atoms with Crippen molar-refractivity contribution < 1.29 is 9.90 Å². The van der Waals surface area contributed by atoms with Crippen LogP contribution < -0.4 is 0 Å². The largest absolute Gasteiger partial charge is 0.381 e. The van der Waals surface area contributed by atoms with E-state index in [-0.39, 0.29) is 5.78 Å². The van der Waals surface area contributed by atoms with Crippen molar-refractivity contribution in [3.63, 3.8) is 0 Å². The predicted octanol–water partition coefficient (Wildman–Crippen LogP) is 1.62. The second kappa shape index (κ2) is 4.59. The van der Waals surface area contributed by atoms with Gasteiger partial charge in [0, 0.05) is 11.1 Å². The Morgan fingerprint density at radius 1 is 1.50 bits per heavy atom. The van der Waals surface area contributed by atoms with E-state index in [1.807, 2.05) is 6.07 Å². The standard InChI is InChI=1S/C12H12O2/c1-9(13)6-7-11-4-3-5-12(8-11)10(2)14/h3-5,8-9,13H,1-2H3/t9-/m1/s1. The highest BCUT2D eigenvalue weighted by Gasteiger charge is 1.98. The minimum atomic E-state index is -0.643. The van der Waals surface area contributed by atoms with E-state index in [4.69, 9.17) is 5.11 Å². The molecule has 0 amide bonds. The summed E-state index contributed by atoms with van der Waals surface area (Å²) in [5, 5.41) is 8.95. The lowest BCUT2D eigenvalue weighted by Crippen LogP contribution is -1.94. The molecule has 0 aliphatic carbocycles. The number of ketones is 1. The van der Waals surface area contributed by atoms with Crippen LogP contribution in [0.2, 0.25) is 0 Å². The Hall–Kier alpha value is -1.59. The van der Waals surface area contributed by atoms with Crippen LogP contribution in [0.15, 0.2) is 24.3 Å². The normalized spacial score (nSPS) is 11.4. The average Bonchev–Trinajstić information content (AvgIpc) is 2.15. The average molecular weight is 188 g/mol. The maximum atomic E-state index is 11.0. The number of Topliss-reactive ketones (excluding diaryl/α,β-unsaturated/α-hetero) is 1. The van der Waals surface area contributed by atoms with Crippen LogP contribution in [0, 0.1) is 11.8 Å². The van der Waals surface area contributed by atoms with Gasteiger partial charge in [0.1, 0.15) is 6.10 Å². The van der Waals surface area contributed by atoms with Crippen LogP contribution in [0.4, 0.5) is 0 Å². The molecule has 1 atom stereocenters. The molecule has 0 aromatic heterocycles. The fourth-order valence-electron chi connectivity index (χ4n) is 1.00. The monoisotopic (exact) mass is 188 g/mol. The van der Waals surface area contributed by atoms with Gasteiger partial charge in [0.25, 0.3) is 0 Å². The first-order valence-electron chi connectivity index (χ1n) is 4.40. The number of carbonyl (C=O) groups excluding carboxylic acids is 1. The van der Waals surface area contributed by atoms with Crippen LogP contribution in [-0.4, -0.2) is 17.0 Å². The molecule has 14 heavy (non-hydrogen) atoms. The van der Waals surface area contributed by atoms with E-state index in [1.165, 1.54) is 6.92 Å². The fraction of sp³-hybridized carbons (Fsp3) is 0.250. The summed E-state index contributed by atoms with van der Waals surface area (Å²) in [5.41, 5.74) is 1.39. The molecule has 1 N–H and O–H groups in total. The number of benzene rings is 1. The molecule has 0 aliphatic heterocycles. The third kappa shape index (κ3) is 3.04. The van der Waals surface area contributed by atoms with Crippen LogP contribution in [0.25, 0.3) is 0 Å². The molecular formula is C12H12O2. The molecule has 0 spiro atoms. The van der Waals surface area contributed by atoms with E-state index >= 15 is 0 Å². The van der Waals surface area contributed by atoms with Gasteiger partial charge in [-0.3, -0.25) is 4.79 Å². The fourth-order valence-corrected chi connectivity index (χ4v) is 1.00. The second-order valence-electron chi connectivity index (χ2n) is 3.08. The van der Waals surface area contributed by atoms with E-state index < -0.39 is 6.10 Å². The number of hydrogen-bond donors (Lipinski definition) is 1. The van der Waals surface area contributed by atoms with E-state index in [1.54, 1.807) is 25.1 Å². The molecular weight excluding hydrogens is 176 g/mol. The maximum Gasteiger partial charge on any atom is 0.159 e. The van der Waals surface area contributed by atoms with Gasteiger partial charge in [-0.25, -0.2) is 0 Å². The van der Waals surface area contributed by atoms with Crippen molar-refractivity contribution in [2.45, 2.75) is 20.0 Å².